The van der Waals surface area contributed by atoms with Crippen molar-refractivity contribution in [2.75, 3.05) is 6.61 Å². The fraction of sp³-hybridized carbons (Fsp3) is 0.167. The van der Waals surface area contributed by atoms with Gasteiger partial charge in [-0.05, 0) is 63.2 Å². The molecule has 0 aliphatic carbocycles. The van der Waals surface area contributed by atoms with Crippen molar-refractivity contribution in [1.29, 1.82) is 0 Å². The van der Waals surface area contributed by atoms with Crippen LogP contribution < -0.4 is 15.7 Å². The summed E-state index contributed by atoms with van der Waals surface area (Å²) in [6.07, 6.45) is 1.55. The van der Waals surface area contributed by atoms with Crippen molar-refractivity contribution in [3.63, 3.8) is 0 Å². The first kappa shape index (κ1) is 22.5. The lowest BCUT2D eigenvalue weighted by atomic mass is 10.2. The Labute approximate surface area is 198 Å². The van der Waals surface area contributed by atoms with Crippen molar-refractivity contribution in [2.45, 2.75) is 20.8 Å². The maximum Gasteiger partial charge on any atom is 0.280 e. The van der Waals surface area contributed by atoms with E-state index in [1.807, 2.05) is 50.2 Å². The normalized spacial score (nSPS) is 11.3. The third-order valence-electron chi connectivity index (χ3n) is 5.13. The predicted molar refractivity (Wildman–Crippen MR) is 131 cm³/mol. The van der Waals surface area contributed by atoms with Gasteiger partial charge in [-0.15, -0.1) is 0 Å². The molecule has 1 amide bonds. The Hall–Kier alpha value is -3.72. The van der Waals surface area contributed by atoms with E-state index in [1.165, 1.54) is 0 Å². The van der Waals surface area contributed by atoms with Gasteiger partial charge in [-0.2, -0.15) is 9.78 Å². The molecule has 2 heterocycles. The predicted octanol–water partition coefficient (Wildman–Crippen LogP) is 3.73. The monoisotopic (exact) mass is 507 g/mol. The molecule has 0 bridgehead atoms. The number of rotatable bonds is 6. The highest BCUT2D eigenvalue weighted by Gasteiger charge is 2.15. The fourth-order valence-corrected chi connectivity index (χ4v) is 3.84. The molecule has 0 radical (unpaired) electrons. The number of carbonyl (C=O) groups is 1. The van der Waals surface area contributed by atoms with Crippen LogP contribution in [0.1, 0.15) is 22.8 Å². The van der Waals surface area contributed by atoms with E-state index in [0.29, 0.717) is 22.5 Å². The molecular formula is C24H22BrN5O3. The van der Waals surface area contributed by atoms with Crippen LogP contribution in [0.4, 0.5) is 0 Å². The van der Waals surface area contributed by atoms with Crippen molar-refractivity contribution < 1.29 is 9.53 Å². The number of hydrazone groups is 1. The molecule has 2 aromatic heterocycles. The van der Waals surface area contributed by atoms with Gasteiger partial charge >= 0.3 is 0 Å². The van der Waals surface area contributed by atoms with Crippen molar-refractivity contribution in [3.05, 3.63) is 92.2 Å². The minimum Gasteiger partial charge on any atom is -0.484 e. The maximum atomic E-state index is 13.2. The van der Waals surface area contributed by atoms with Gasteiger partial charge in [0.2, 0.25) is 0 Å². The minimum atomic E-state index is -0.381. The summed E-state index contributed by atoms with van der Waals surface area (Å²) >= 11 is 3.35. The molecule has 0 saturated heterocycles. The third kappa shape index (κ3) is 4.73. The second kappa shape index (κ2) is 9.41. The molecule has 33 heavy (non-hydrogen) atoms. The smallest absolute Gasteiger partial charge is 0.280 e. The Kier molecular flexibility index (Phi) is 6.41. The summed E-state index contributed by atoms with van der Waals surface area (Å²) in [5.74, 6) is 0.779. The van der Waals surface area contributed by atoms with E-state index in [2.05, 4.69) is 31.4 Å². The van der Waals surface area contributed by atoms with E-state index < -0.39 is 0 Å². The molecule has 9 heteroatoms. The molecule has 0 fully saturated rings. The number of nitrogens with one attached hydrogen (secondary N) is 1. The van der Waals surface area contributed by atoms with Crippen molar-refractivity contribution >= 4 is 39.0 Å². The number of aryl methyl sites for hydroxylation is 2. The molecule has 4 aromatic rings. The summed E-state index contributed by atoms with van der Waals surface area (Å²) in [5.41, 5.74) is 5.36. The highest BCUT2D eigenvalue weighted by Crippen LogP contribution is 2.17. The Balaban J connectivity index is 1.52. The molecule has 0 saturated carbocycles. The van der Waals surface area contributed by atoms with Crippen LogP contribution in [0.2, 0.25) is 0 Å². The molecule has 0 spiro atoms. The molecule has 168 valence electrons. The first-order chi connectivity index (χ1) is 15.8. The van der Waals surface area contributed by atoms with Gasteiger partial charge in [0.25, 0.3) is 11.5 Å². The lowest BCUT2D eigenvalue weighted by molar-refractivity contribution is -0.123. The van der Waals surface area contributed by atoms with E-state index in [4.69, 9.17) is 4.74 Å². The largest absolute Gasteiger partial charge is 0.484 e. The zero-order chi connectivity index (χ0) is 23.5. The van der Waals surface area contributed by atoms with Crippen LogP contribution in [-0.2, 0) is 4.79 Å². The van der Waals surface area contributed by atoms with Gasteiger partial charge in [-0.25, -0.2) is 10.4 Å². The Bertz CT molecular complexity index is 1420. The average Bonchev–Trinajstić information content (AvgIpc) is 3.07. The molecule has 0 atom stereocenters. The summed E-state index contributed by atoms with van der Waals surface area (Å²) in [6.45, 7) is 5.42. The number of halogens is 1. The molecule has 0 aliphatic rings. The molecule has 0 aliphatic heterocycles. The summed E-state index contributed by atoms with van der Waals surface area (Å²) in [7, 11) is 0. The number of fused-ring (bicyclic) bond motifs is 1. The lowest BCUT2D eigenvalue weighted by Gasteiger charge is -2.16. The van der Waals surface area contributed by atoms with Crippen LogP contribution in [0.15, 0.2) is 69.0 Å². The van der Waals surface area contributed by atoms with E-state index in [0.717, 1.165) is 21.4 Å². The van der Waals surface area contributed by atoms with Gasteiger partial charge in [0.1, 0.15) is 11.6 Å². The highest BCUT2D eigenvalue weighted by molar-refractivity contribution is 9.10. The van der Waals surface area contributed by atoms with Gasteiger partial charge in [0.15, 0.2) is 6.61 Å². The average molecular weight is 508 g/mol. The second-order valence-corrected chi connectivity index (χ2v) is 8.38. The van der Waals surface area contributed by atoms with E-state index in [-0.39, 0.29) is 18.1 Å². The number of benzene rings is 2. The van der Waals surface area contributed by atoms with Crippen LogP contribution in [0.5, 0.6) is 5.75 Å². The summed E-state index contributed by atoms with van der Waals surface area (Å²) in [6, 6.07) is 16.4. The zero-order valence-corrected chi connectivity index (χ0v) is 20.0. The topological polar surface area (TPSA) is 90.5 Å². The minimum absolute atomic E-state index is 0.151. The first-order valence-corrected chi connectivity index (χ1v) is 11.0. The molecule has 8 nitrogen and oxygen atoms in total. The SMILES string of the molecule is Cc1cc(C=NNC(=O)COc2ccc(Br)cc2)c(C)n1-n1c(C)nc2ccccc2c1=O. The lowest BCUT2D eigenvalue weighted by Crippen LogP contribution is -2.31. The van der Waals surface area contributed by atoms with Crippen LogP contribution in [0.3, 0.4) is 0 Å². The molecule has 2 aromatic carbocycles. The quantitative estimate of drug-likeness (QED) is 0.318. The summed E-state index contributed by atoms with van der Waals surface area (Å²) in [5, 5.41) is 4.59. The van der Waals surface area contributed by atoms with Gasteiger partial charge in [-0.3, -0.25) is 14.3 Å². The number of amides is 1. The van der Waals surface area contributed by atoms with E-state index in [1.54, 1.807) is 40.7 Å². The number of nitrogens with zero attached hydrogens (tertiary/aromatic N) is 4. The fourth-order valence-electron chi connectivity index (χ4n) is 3.57. The molecule has 0 unspecified atom stereocenters. The summed E-state index contributed by atoms with van der Waals surface area (Å²) in [4.78, 5) is 29.8. The van der Waals surface area contributed by atoms with Gasteiger partial charge in [0, 0.05) is 21.4 Å². The van der Waals surface area contributed by atoms with Crippen LogP contribution in [0, 0.1) is 20.8 Å². The van der Waals surface area contributed by atoms with E-state index in [9.17, 15) is 9.59 Å². The van der Waals surface area contributed by atoms with Gasteiger partial charge in [-0.1, -0.05) is 28.1 Å². The van der Waals surface area contributed by atoms with Crippen LogP contribution >= 0.6 is 15.9 Å². The van der Waals surface area contributed by atoms with Gasteiger partial charge in [0.05, 0.1) is 17.1 Å². The second-order valence-electron chi connectivity index (χ2n) is 7.47. The van der Waals surface area contributed by atoms with Crippen molar-refractivity contribution in [1.82, 2.24) is 19.8 Å². The number of aromatic nitrogens is 3. The number of hydrogen-bond donors (Lipinski definition) is 1. The van der Waals surface area contributed by atoms with Crippen LogP contribution in [0.25, 0.3) is 10.9 Å². The molecule has 1 N–H and O–H groups in total. The number of ether oxygens (including phenoxy) is 1. The zero-order valence-electron chi connectivity index (χ0n) is 18.4. The van der Waals surface area contributed by atoms with Crippen LogP contribution in [-0.4, -0.2) is 33.1 Å². The molecular weight excluding hydrogens is 486 g/mol. The standard InChI is InChI=1S/C24H22BrN5O3/c1-15-12-18(13-26-28-23(31)14-33-20-10-8-19(25)9-11-20)16(2)29(15)30-17(3)27-22-7-5-4-6-21(22)24(30)32/h4-13H,14H2,1-3H3,(H,28,31). The van der Waals surface area contributed by atoms with Crippen molar-refractivity contribution in [3.8, 4) is 5.75 Å². The third-order valence-corrected chi connectivity index (χ3v) is 5.65. The highest BCUT2D eigenvalue weighted by atomic mass is 79.9. The van der Waals surface area contributed by atoms with Gasteiger partial charge < -0.3 is 4.74 Å². The first-order valence-electron chi connectivity index (χ1n) is 10.2. The number of para-hydroxylation sites is 1. The van der Waals surface area contributed by atoms with Crippen molar-refractivity contribution in [2.24, 2.45) is 5.10 Å². The maximum absolute atomic E-state index is 13.2. The number of hydrogen-bond acceptors (Lipinski definition) is 5. The number of carbonyl (C=O) groups excluding carboxylic acids is 1. The Morgan fingerprint density at radius 1 is 1.12 bits per heavy atom. The van der Waals surface area contributed by atoms with E-state index >= 15 is 0 Å². The Morgan fingerprint density at radius 2 is 1.85 bits per heavy atom. The summed E-state index contributed by atoms with van der Waals surface area (Å²) < 4.78 is 9.72. The Morgan fingerprint density at radius 3 is 2.61 bits per heavy atom. The molecule has 4 rings (SSSR count).